The van der Waals surface area contributed by atoms with Gasteiger partial charge in [0.25, 0.3) is 0 Å². The standard InChI is InChI=1S/C12H15BrO4/c1-7(2)17-10-6-8(13)5-9(11(10)15-3)12(14)16-4/h5-7H,1-4H3. The highest BCUT2D eigenvalue weighted by Gasteiger charge is 2.19. The maximum Gasteiger partial charge on any atom is 0.341 e. The Labute approximate surface area is 109 Å². The summed E-state index contributed by atoms with van der Waals surface area (Å²) in [6, 6.07) is 3.39. The van der Waals surface area contributed by atoms with Gasteiger partial charge in [0.15, 0.2) is 11.5 Å². The number of benzene rings is 1. The number of hydrogen-bond donors (Lipinski definition) is 0. The summed E-state index contributed by atoms with van der Waals surface area (Å²) >= 11 is 3.32. The molecule has 0 aliphatic carbocycles. The van der Waals surface area contributed by atoms with Gasteiger partial charge in [-0.15, -0.1) is 0 Å². The van der Waals surface area contributed by atoms with Crippen LogP contribution in [0.2, 0.25) is 0 Å². The van der Waals surface area contributed by atoms with Crippen LogP contribution in [-0.2, 0) is 4.74 Å². The number of esters is 1. The molecule has 0 N–H and O–H groups in total. The average Bonchev–Trinajstić information content (AvgIpc) is 2.26. The quantitative estimate of drug-likeness (QED) is 0.802. The lowest BCUT2D eigenvalue weighted by atomic mass is 10.2. The van der Waals surface area contributed by atoms with E-state index in [9.17, 15) is 4.79 Å². The number of halogens is 1. The van der Waals surface area contributed by atoms with E-state index >= 15 is 0 Å². The highest BCUT2D eigenvalue weighted by Crippen LogP contribution is 2.35. The zero-order valence-electron chi connectivity index (χ0n) is 10.2. The summed E-state index contributed by atoms with van der Waals surface area (Å²) in [5.74, 6) is 0.433. The summed E-state index contributed by atoms with van der Waals surface area (Å²) in [4.78, 5) is 11.6. The van der Waals surface area contributed by atoms with E-state index in [1.54, 1.807) is 12.1 Å². The van der Waals surface area contributed by atoms with Crippen molar-refractivity contribution in [3.8, 4) is 11.5 Å². The zero-order valence-corrected chi connectivity index (χ0v) is 11.8. The Bertz CT molecular complexity index is 415. The highest BCUT2D eigenvalue weighted by molar-refractivity contribution is 9.10. The second kappa shape index (κ2) is 5.91. The molecular formula is C12H15BrO4. The Morgan fingerprint density at radius 1 is 1.29 bits per heavy atom. The first-order valence-corrected chi connectivity index (χ1v) is 5.91. The molecule has 0 saturated heterocycles. The van der Waals surface area contributed by atoms with Gasteiger partial charge in [0.05, 0.1) is 20.3 Å². The Morgan fingerprint density at radius 2 is 1.94 bits per heavy atom. The van der Waals surface area contributed by atoms with Crippen LogP contribution in [0, 0.1) is 0 Å². The van der Waals surface area contributed by atoms with Gasteiger partial charge in [0.1, 0.15) is 5.56 Å². The minimum absolute atomic E-state index is 0.0105. The van der Waals surface area contributed by atoms with Crippen LogP contribution in [-0.4, -0.2) is 26.3 Å². The summed E-state index contributed by atoms with van der Waals surface area (Å²) < 4.78 is 16.2. The Kier molecular flexibility index (Phi) is 4.81. The molecule has 0 aliphatic rings. The number of methoxy groups -OCH3 is 2. The van der Waals surface area contributed by atoms with Gasteiger partial charge >= 0.3 is 5.97 Å². The Balaban J connectivity index is 3.29. The lowest BCUT2D eigenvalue weighted by Crippen LogP contribution is -2.10. The number of rotatable bonds is 4. The molecule has 0 spiro atoms. The van der Waals surface area contributed by atoms with E-state index in [2.05, 4.69) is 15.9 Å². The van der Waals surface area contributed by atoms with E-state index in [4.69, 9.17) is 14.2 Å². The fourth-order valence-electron chi connectivity index (χ4n) is 1.38. The van der Waals surface area contributed by atoms with Gasteiger partial charge in [-0.3, -0.25) is 0 Å². The normalized spacial score (nSPS) is 10.2. The van der Waals surface area contributed by atoms with Crippen molar-refractivity contribution in [2.45, 2.75) is 20.0 Å². The van der Waals surface area contributed by atoms with Crippen LogP contribution >= 0.6 is 15.9 Å². The van der Waals surface area contributed by atoms with Crippen LogP contribution in [0.25, 0.3) is 0 Å². The average molecular weight is 303 g/mol. The van der Waals surface area contributed by atoms with Crippen molar-refractivity contribution in [2.75, 3.05) is 14.2 Å². The Hall–Kier alpha value is -1.23. The molecule has 17 heavy (non-hydrogen) atoms. The predicted molar refractivity (Wildman–Crippen MR) is 67.8 cm³/mol. The van der Waals surface area contributed by atoms with E-state index in [0.29, 0.717) is 17.1 Å². The molecule has 5 heteroatoms. The molecule has 94 valence electrons. The first-order valence-electron chi connectivity index (χ1n) is 5.12. The SMILES string of the molecule is COC(=O)c1cc(Br)cc(OC(C)C)c1OC. The molecule has 4 nitrogen and oxygen atoms in total. The van der Waals surface area contributed by atoms with Crippen molar-refractivity contribution in [1.82, 2.24) is 0 Å². The third-order valence-electron chi connectivity index (χ3n) is 1.99. The summed E-state index contributed by atoms with van der Waals surface area (Å²) in [6.45, 7) is 3.80. The van der Waals surface area contributed by atoms with Crippen molar-refractivity contribution in [1.29, 1.82) is 0 Å². The molecule has 1 aromatic carbocycles. The first-order chi connectivity index (χ1) is 7.99. The molecule has 0 radical (unpaired) electrons. The van der Waals surface area contributed by atoms with Gasteiger partial charge in [0, 0.05) is 4.47 Å². The maximum atomic E-state index is 11.6. The molecule has 0 fully saturated rings. The fourth-order valence-corrected chi connectivity index (χ4v) is 1.82. The van der Waals surface area contributed by atoms with Gasteiger partial charge in [0.2, 0.25) is 0 Å². The van der Waals surface area contributed by atoms with E-state index in [-0.39, 0.29) is 6.10 Å². The molecule has 1 aromatic rings. The minimum atomic E-state index is -0.461. The molecule has 0 bridgehead atoms. The van der Waals surface area contributed by atoms with Gasteiger partial charge in [-0.2, -0.15) is 0 Å². The van der Waals surface area contributed by atoms with Gasteiger partial charge in [-0.25, -0.2) is 4.79 Å². The second-order valence-corrected chi connectivity index (χ2v) is 4.56. The van der Waals surface area contributed by atoms with Crippen LogP contribution in [0.5, 0.6) is 11.5 Å². The smallest absolute Gasteiger partial charge is 0.341 e. The molecule has 0 unspecified atom stereocenters. The fraction of sp³-hybridized carbons (Fsp3) is 0.417. The van der Waals surface area contributed by atoms with Crippen LogP contribution in [0.1, 0.15) is 24.2 Å². The number of carbonyl (C=O) groups excluding carboxylic acids is 1. The molecule has 0 heterocycles. The van der Waals surface area contributed by atoms with Gasteiger partial charge in [-0.1, -0.05) is 15.9 Å². The molecule has 0 aliphatic heterocycles. The molecule has 1 rings (SSSR count). The topological polar surface area (TPSA) is 44.8 Å². The third-order valence-corrected chi connectivity index (χ3v) is 2.45. The third kappa shape index (κ3) is 3.36. The molecular weight excluding hydrogens is 288 g/mol. The van der Waals surface area contributed by atoms with E-state index < -0.39 is 5.97 Å². The van der Waals surface area contributed by atoms with Crippen molar-refractivity contribution >= 4 is 21.9 Å². The Morgan fingerprint density at radius 3 is 2.41 bits per heavy atom. The molecule has 0 atom stereocenters. The molecule has 0 saturated carbocycles. The first kappa shape index (κ1) is 13.8. The van der Waals surface area contributed by atoms with E-state index in [1.165, 1.54) is 14.2 Å². The maximum absolute atomic E-state index is 11.6. The van der Waals surface area contributed by atoms with Crippen LogP contribution in [0.15, 0.2) is 16.6 Å². The van der Waals surface area contributed by atoms with Crippen LogP contribution in [0.4, 0.5) is 0 Å². The summed E-state index contributed by atoms with van der Waals surface area (Å²) in [5.41, 5.74) is 0.333. The van der Waals surface area contributed by atoms with Gasteiger partial charge < -0.3 is 14.2 Å². The van der Waals surface area contributed by atoms with Crippen molar-refractivity contribution in [3.63, 3.8) is 0 Å². The largest absolute Gasteiger partial charge is 0.492 e. The summed E-state index contributed by atoms with van der Waals surface area (Å²) in [6.07, 6.45) is -0.0105. The highest BCUT2D eigenvalue weighted by atomic mass is 79.9. The van der Waals surface area contributed by atoms with Crippen molar-refractivity contribution in [3.05, 3.63) is 22.2 Å². The minimum Gasteiger partial charge on any atom is -0.492 e. The lowest BCUT2D eigenvalue weighted by molar-refractivity contribution is 0.0595. The van der Waals surface area contributed by atoms with Gasteiger partial charge in [-0.05, 0) is 26.0 Å². The lowest BCUT2D eigenvalue weighted by Gasteiger charge is -2.16. The molecule has 0 aromatic heterocycles. The second-order valence-electron chi connectivity index (χ2n) is 3.64. The van der Waals surface area contributed by atoms with E-state index in [1.807, 2.05) is 13.8 Å². The zero-order chi connectivity index (χ0) is 13.0. The van der Waals surface area contributed by atoms with Crippen LogP contribution < -0.4 is 9.47 Å². The summed E-state index contributed by atoms with van der Waals surface area (Å²) in [7, 11) is 2.81. The van der Waals surface area contributed by atoms with Crippen molar-refractivity contribution in [2.24, 2.45) is 0 Å². The number of carbonyl (C=O) groups is 1. The number of hydrogen-bond acceptors (Lipinski definition) is 4. The predicted octanol–water partition coefficient (Wildman–Crippen LogP) is 3.03. The monoisotopic (exact) mass is 302 g/mol. The number of ether oxygens (including phenoxy) is 3. The van der Waals surface area contributed by atoms with Crippen LogP contribution in [0.3, 0.4) is 0 Å². The van der Waals surface area contributed by atoms with Crippen molar-refractivity contribution < 1.29 is 19.0 Å². The molecule has 0 amide bonds. The summed E-state index contributed by atoms with van der Waals surface area (Å²) in [5, 5.41) is 0. The van der Waals surface area contributed by atoms with E-state index in [0.717, 1.165) is 4.47 Å².